The number of hydrogen-bond donors (Lipinski definition) is 1. The summed E-state index contributed by atoms with van der Waals surface area (Å²) in [6.45, 7) is 2.56. The summed E-state index contributed by atoms with van der Waals surface area (Å²) in [6.07, 6.45) is 5.08. The van der Waals surface area contributed by atoms with Gasteiger partial charge in [0, 0.05) is 29.6 Å². The molecule has 7 heteroatoms. The first-order chi connectivity index (χ1) is 14.5. The Labute approximate surface area is 179 Å². The Morgan fingerprint density at radius 2 is 1.97 bits per heavy atom. The normalized spacial score (nSPS) is 14.0. The monoisotopic (exact) mass is 425 g/mol. The van der Waals surface area contributed by atoms with Crippen molar-refractivity contribution in [2.45, 2.75) is 45.6 Å². The van der Waals surface area contributed by atoms with Crippen molar-refractivity contribution in [3.63, 3.8) is 0 Å². The Hall–Kier alpha value is -2.86. The molecule has 0 fully saturated rings. The molecule has 0 bridgehead atoms. The summed E-state index contributed by atoms with van der Waals surface area (Å²) in [7, 11) is 1.53. The van der Waals surface area contributed by atoms with Crippen LogP contribution in [-0.4, -0.2) is 22.6 Å². The second-order valence-electron chi connectivity index (χ2n) is 7.64. The van der Waals surface area contributed by atoms with Crippen LogP contribution in [0.15, 0.2) is 35.1 Å². The van der Waals surface area contributed by atoms with Crippen LogP contribution in [0.25, 0.3) is 10.9 Å². The van der Waals surface area contributed by atoms with Crippen LogP contribution in [-0.2, 0) is 13.0 Å². The lowest BCUT2D eigenvalue weighted by atomic mass is 10.1. The van der Waals surface area contributed by atoms with E-state index in [-0.39, 0.29) is 11.5 Å². The third kappa shape index (κ3) is 3.92. The van der Waals surface area contributed by atoms with Crippen LogP contribution in [0.2, 0.25) is 5.02 Å². The van der Waals surface area contributed by atoms with Gasteiger partial charge in [-0.1, -0.05) is 24.4 Å². The van der Waals surface area contributed by atoms with Gasteiger partial charge in [-0.05, 0) is 49.6 Å². The van der Waals surface area contributed by atoms with Gasteiger partial charge in [-0.2, -0.15) is 0 Å². The molecule has 3 aromatic rings. The van der Waals surface area contributed by atoms with E-state index in [9.17, 15) is 9.59 Å². The molecule has 0 saturated heterocycles. The van der Waals surface area contributed by atoms with Crippen LogP contribution < -0.4 is 15.6 Å². The number of ether oxygens (including phenoxy) is 1. The molecule has 0 atom stereocenters. The SMILES string of the molecule is COc1cc(Cl)c(C)cc1NC(=O)c1ccc2c(=O)n3c(nc2c1)CCCCCC3. The molecule has 2 heterocycles. The summed E-state index contributed by atoms with van der Waals surface area (Å²) < 4.78 is 7.13. The average Bonchev–Trinajstić information content (AvgIpc) is 2.71. The molecule has 6 nitrogen and oxygen atoms in total. The highest BCUT2D eigenvalue weighted by Crippen LogP contribution is 2.31. The predicted molar refractivity (Wildman–Crippen MR) is 119 cm³/mol. The second kappa shape index (κ2) is 8.48. The molecule has 4 rings (SSSR count). The molecule has 0 spiro atoms. The van der Waals surface area contributed by atoms with Gasteiger partial charge in [0.2, 0.25) is 0 Å². The Morgan fingerprint density at radius 1 is 1.17 bits per heavy atom. The lowest BCUT2D eigenvalue weighted by Crippen LogP contribution is -2.26. The summed E-state index contributed by atoms with van der Waals surface area (Å²) >= 11 is 6.15. The summed E-state index contributed by atoms with van der Waals surface area (Å²) in [4.78, 5) is 30.6. The molecule has 1 amide bonds. The number of methoxy groups -OCH3 is 1. The van der Waals surface area contributed by atoms with Crippen LogP contribution in [0.4, 0.5) is 5.69 Å². The minimum absolute atomic E-state index is 0.0288. The molecule has 2 aromatic carbocycles. The highest BCUT2D eigenvalue weighted by molar-refractivity contribution is 6.31. The molecular formula is C23H24ClN3O3. The molecule has 1 aromatic heterocycles. The molecule has 1 aliphatic heterocycles. The average molecular weight is 426 g/mol. The quantitative estimate of drug-likeness (QED) is 0.658. The van der Waals surface area contributed by atoms with Crippen LogP contribution in [0.3, 0.4) is 0 Å². The number of carbonyl (C=O) groups is 1. The van der Waals surface area contributed by atoms with Crippen molar-refractivity contribution in [3.8, 4) is 5.75 Å². The third-order valence-electron chi connectivity index (χ3n) is 5.56. The van der Waals surface area contributed by atoms with Gasteiger partial charge >= 0.3 is 0 Å². The zero-order valence-electron chi connectivity index (χ0n) is 17.1. The fourth-order valence-corrected chi connectivity index (χ4v) is 4.01. The van der Waals surface area contributed by atoms with Crippen molar-refractivity contribution in [3.05, 3.63) is 62.7 Å². The summed E-state index contributed by atoms with van der Waals surface area (Å²) in [5.74, 6) is 0.989. The highest BCUT2D eigenvalue weighted by Gasteiger charge is 2.16. The maximum Gasteiger partial charge on any atom is 0.261 e. The fraction of sp³-hybridized carbons (Fsp3) is 0.348. The number of halogens is 1. The number of fused-ring (bicyclic) bond motifs is 2. The number of aromatic nitrogens is 2. The largest absolute Gasteiger partial charge is 0.495 e. The number of rotatable bonds is 3. The Balaban J connectivity index is 1.70. The Kier molecular flexibility index (Phi) is 5.77. The number of hydrogen-bond acceptors (Lipinski definition) is 4. The summed E-state index contributed by atoms with van der Waals surface area (Å²) in [5.41, 5.74) is 2.33. The van der Waals surface area contributed by atoms with E-state index in [2.05, 4.69) is 5.32 Å². The van der Waals surface area contributed by atoms with Crippen molar-refractivity contribution in [2.75, 3.05) is 12.4 Å². The molecule has 0 saturated carbocycles. The molecule has 1 aliphatic rings. The third-order valence-corrected chi connectivity index (χ3v) is 5.96. The number of nitrogens with one attached hydrogen (secondary N) is 1. The van der Waals surface area contributed by atoms with Gasteiger partial charge in [-0.3, -0.25) is 14.2 Å². The summed E-state index contributed by atoms with van der Waals surface area (Å²) in [5, 5.41) is 3.98. The zero-order chi connectivity index (χ0) is 21.3. The second-order valence-corrected chi connectivity index (χ2v) is 8.04. The first kappa shape index (κ1) is 20.4. The summed E-state index contributed by atoms with van der Waals surface area (Å²) in [6, 6.07) is 8.48. The lowest BCUT2D eigenvalue weighted by Gasteiger charge is -2.16. The maximum absolute atomic E-state index is 13.0. The van der Waals surface area contributed by atoms with Crippen LogP contribution in [0, 0.1) is 6.92 Å². The van der Waals surface area contributed by atoms with E-state index < -0.39 is 0 Å². The fourth-order valence-electron chi connectivity index (χ4n) is 3.86. The topological polar surface area (TPSA) is 73.2 Å². The molecule has 1 N–H and O–H groups in total. The van der Waals surface area contributed by atoms with Gasteiger partial charge in [0.25, 0.3) is 11.5 Å². The van der Waals surface area contributed by atoms with E-state index in [1.54, 1.807) is 34.9 Å². The van der Waals surface area contributed by atoms with Crippen LogP contribution >= 0.6 is 11.6 Å². The van der Waals surface area contributed by atoms with Gasteiger partial charge in [0.1, 0.15) is 11.6 Å². The van der Waals surface area contributed by atoms with Crippen molar-refractivity contribution < 1.29 is 9.53 Å². The number of aryl methyl sites for hydroxylation is 2. The van der Waals surface area contributed by atoms with Crippen LogP contribution in [0.5, 0.6) is 5.75 Å². The van der Waals surface area contributed by atoms with Gasteiger partial charge in [-0.25, -0.2) is 4.98 Å². The minimum atomic E-state index is -0.300. The molecule has 0 aliphatic carbocycles. The van der Waals surface area contributed by atoms with E-state index in [0.29, 0.717) is 39.5 Å². The van der Waals surface area contributed by atoms with Crippen molar-refractivity contribution in [1.29, 1.82) is 0 Å². The van der Waals surface area contributed by atoms with E-state index in [0.717, 1.165) is 43.5 Å². The van der Waals surface area contributed by atoms with E-state index in [4.69, 9.17) is 21.3 Å². The molecule has 156 valence electrons. The molecule has 0 radical (unpaired) electrons. The minimum Gasteiger partial charge on any atom is -0.495 e. The van der Waals surface area contributed by atoms with Crippen LogP contribution in [0.1, 0.15) is 47.4 Å². The maximum atomic E-state index is 13.0. The first-order valence-corrected chi connectivity index (χ1v) is 10.5. The predicted octanol–water partition coefficient (Wildman–Crippen LogP) is 4.74. The van der Waals surface area contributed by atoms with Gasteiger partial charge in [0.15, 0.2) is 0 Å². The molecule has 30 heavy (non-hydrogen) atoms. The van der Waals surface area contributed by atoms with Gasteiger partial charge in [-0.15, -0.1) is 0 Å². The van der Waals surface area contributed by atoms with E-state index >= 15 is 0 Å². The first-order valence-electron chi connectivity index (χ1n) is 10.2. The van der Waals surface area contributed by atoms with Gasteiger partial charge < -0.3 is 10.1 Å². The Bertz CT molecular complexity index is 1190. The molecule has 0 unspecified atom stereocenters. The van der Waals surface area contributed by atoms with Crippen molar-refractivity contribution >= 4 is 34.1 Å². The van der Waals surface area contributed by atoms with Crippen molar-refractivity contribution in [1.82, 2.24) is 9.55 Å². The number of carbonyl (C=O) groups excluding carboxylic acids is 1. The number of anilines is 1. The standard InChI is InChI=1S/C23H24ClN3O3/c1-14-11-19(20(30-2)13-17(14)24)26-22(28)15-8-9-16-18(12-15)25-21-7-5-3-4-6-10-27(21)23(16)29/h8-9,11-13H,3-7,10H2,1-2H3,(H,26,28). The lowest BCUT2D eigenvalue weighted by molar-refractivity contribution is 0.102. The number of benzene rings is 2. The zero-order valence-corrected chi connectivity index (χ0v) is 17.9. The Morgan fingerprint density at radius 3 is 2.77 bits per heavy atom. The smallest absolute Gasteiger partial charge is 0.261 e. The van der Waals surface area contributed by atoms with E-state index in [1.165, 1.54) is 7.11 Å². The highest BCUT2D eigenvalue weighted by atomic mass is 35.5. The molecular weight excluding hydrogens is 402 g/mol. The van der Waals surface area contributed by atoms with Crippen molar-refractivity contribution in [2.24, 2.45) is 0 Å². The van der Waals surface area contributed by atoms with Gasteiger partial charge in [0.05, 0.1) is 23.7 Å². The number of amides is 1. The van der Waals surface area contributed by atoms with E-state index in [1.807, 2.05) is 6.92 Å². The number of nitrogens with zero attached hydrogens (tertiary/aromatic N) is 2.